The molecule has 0 saturated carbocycles. The summed E-state index contributed by atoms with van der Waals surface area (Å²) < 4.78 is 20.3. The number of fused-ring (bicyclic) bond motifs is 2. The predicted molar refractivity (Wildman–Crippen MR) is 117 cm³/mol. The molecule has 2 aliphatic heterocycles. The SMILES string of the molecule is CCN(C(=O)COC)C1CNC2(C(=O)Nc3cc(Cl)ccc32)C1c1cccc(Cl)c1F. The molecule has 2 N–H and O–H groups in total. The Kier molecular flexibility index (Phi) is 5.96. The number of carbonyl (C=O) groups excluding carboxylic acids is 2. The topological polar surface area (TPSA) is 70.7 Å². The summed E-state index contributed by atoms with van der Waals surface area (Å²) in [6, 6.07) is 9.33. The highest BCUT2D eigenvalue weighted by Gasteiger charge is 2.61. The molecule has 1 fully saturated rings. The Bertz CT molecular complexity index is 1050. The number of halogens is 3. The number of amides is 2. The molecule has 9 heteroatoms. The van der Waals surface area contributed by atoms with Crippen LogP contribution in [0.5, 0.6) is 0 Å². The van der Waals surface area contributed by atoms with Crippen molar-refractivity contribution >= 4 is 40.7 Å². The van der Waals surface area contributed by atoms with E-state index in [1.54, 1.807) is 35.2 Å². The molecule has 3 atom stereocenters. The van der Waals surface area contributed by atoms with E-state index in [0.717, 1.165) is 0 Å². The quantitative estimate of drug-likeness (QED) is 0.708. The van der Waals surface area contributed by atoms with Crippen LogP contribution in [0.25, 0.3) is 0 Å². The second-order valence-corrected chi connectivity index (χ2v) is 8.48. The normalized spacial score (nSPS) is 24.4. The number of nitrogens with zero attached hydrogens (tertiary/aromatic N) is 1. The van der Waals surface area contributed by atoms with Gasteiger partial charge in [-0.15, -0.1) is 0 Å². The highest BCUT2D eigenvalue weighted by atomic mass is 35.5. The van der Waals surface area contributed by atoms with E-state index < -0.39 is 23.3 Å². The van der Waals surface area contributed by atoms with Crippen LogP contribution in [0.3, 0.4) is 0 Å². The van der Waals surface area contributed by atoms with Gasteiger partial charge in [0.25, 0.3) is 0 Å². The zero-order chi connectivity index (χ0) is 22.3. The van der Waals surface area contributed by atoms with Gasteiger partial charge in [-0.3, -0.25) is 14.9 Å². The van der Waals surface area contributed by atoms with Crippen molar-refractivity contribution in [1.82, 2.24) is 10.2 Å². The molecule has 2 amide bonds. The van der Waals surface area contributed by atoms with Crippen molar-refractivity contribution in [2.75, 3.05) is 32.1 Å². The number of rotatable bonds is 5. The van der Waals surface area contributed by atoms with Crippen LogP contribution < -0.4 is 10.6 Å². The van der Waals surface area contributed by atoms with E-state index in [2.05, 4.69) is 10.6 Å². The van der Waals surface area contributed by atoms with Crippen LogP contribution in [0, 0.1) is 5.82 Å². The first-order valence-electron chi connectivity index (χ1n) is 9.94. The van der Waals surface area contributed by atoms with E-state index in [9.17, 15) is 9.59 Å². The van der Waals surface area contributed by atoms with Crippen LogP contribution >= 0.6 is 23.2 Å². The minimum Gasteiger partial charge on any atom is -0.375 e. The molecule has 1 saturated heterocycles. The van der Waals surface area contributed by atoms with E-state index in [4.69, 9.17) is 27.9 Å². The fourth-order valence-electron chi connectivity index (χ4n) is 4.87. The Morgan fingerprint density at radius 2 is 2.10 bits per heavy atom. The number of ether oxygens (including phenoxy) is 1. The van der Waals surface area contributed by atoms with Crippen LogP contribution in [0.15, 0.2) is 36.4 Å². The average molecular weight is 466 g/mol. The zero-order valence-electron chi connectivity index (χ0n) is 17.0. The lowest BCUT2D eigenvalue weighted by atomic mass is 9.74. The van der Waals surface area contributed by atoms with Crippen LogP contribution in [-0.4, -0.2) is 49.6 Å². The maximum atomic E-state index is 15.3. The van der Waals surface area contributed by atoms with Gasteiger partial charge in [0.1, 0.15) is 18.0 Å². The van der Waals surface area contributed by atoms with Gasteiger partial charge in [-0.25, -0.2) is 4.39 Å². The maximum absolute atomic E-state index is 15.3. The summed E-state index contributed by atoms with van der Waals surface area (Å²) in [6.45, 7) is 2.39. The fraction of sp³-hybridized carbons (Fsp3) is 0.364. The maximum Gasteiger partial charge on any atom is 0.250 e. The largest absolute Gasteiger partial charge is 0.375 e. The smallest absolute Gasteiger partial charge is 0.250 e. The monoisotopic (exact) mass is 465 g/mol. The van der Waals surface area contributed by atoms with Crippen molar-refractivity contribution in [2.24, 2.45) is 0 Å². The molecule has 0 aromatic heterocycles. The van der Waals surface area contributed by atoms with Gasteiger partial charge in [-0.05, 0) is 30.7 Å². The molecule has 4 rings (SSSR count). The van der Waals surface area contributed by atoms with Gasteiger partial charge in [0.15, 0.2) is 0 Å². The molecule has 164 valence electrons. The van der Waals surface area contributed by atoms with Crippen molar-refractivity contribution in [1.29, 1.82) is 0 Å². The standard InChI is InChI=1S/C22H22Cl2FN3O3/c1-3-28(18(29)11-31-2)17-10-26-22(19(17)13-5-4-6-15(24)20(13)25)14-8-7-12(23)9-16(14)27-21(22)30/h4-9,17,19,26H,3,10-11H2,1-2H3,(H,27,30). The predicted octanol–water partition coefficient (Wildman–Crippen LogP) is 3.53. The van der Waals surface area contributed by atoms with Crippen molar-refractivity contribution in [3.05, 3.63) is 63.4 Å². The van der Waals surface area contributed by atoms with E-state index in [1.165, 1.54) is 13.2 Å². The Hall–Kier alpha value is -2.19. The molecule has 3 unspecified atom stereocenters. The fourth-order valence-corrected chi connectivity index (χ4v) is 5.22. The molecule has 0 bridgehead atoms. The van der Waals surface area contributed by atoms with Gasteiger partial charge < -0.3 is 15.0 Å². The summed E-state index contributed by atoms with van der Waals surface area (Å²) in [5.41, 5.74) is 0.203. The first-order chi connectivity index (χ1) is 14.8. The Balaban J connectivity index is 1.92. The van der Waals surface area contributed by atoms with Gasteiger partial charge in [0.2, 0.25) is 11.8 Å². The number of nitrogens with one attached hydrogen (secondary N) is 2. The van der Waals surface area contributed by atoms with E-state index in [0.29, 0.717) is 22.8 Å². The molecule has 2 aliphatic rings. The lowest BCUT2D eigenvalue weighted by molar-refractivity contribution is -0.137. The molecule has 0 aliphatic carbocycles. The number of anilines is 1. The van der Waals surface area contributed by atoms with E-state index in [-0.39, 0.29) is 35.6 Å². The molecule has 2 heterocycles. The zero-order valence-corrected chi connectivity index (χ0v) is 18.6. The van der Waals surface area contributed by atoms with Crippen molar-refractivity contribution in [3.8, 4) is 0 Å². The number of benzene rings is 2. The second-order valence-electron chi connectivity index (χ2n) is 7.63. The minimum absolute atomic E-state index is 0.0423. The molecular formula is C22H22Cl2FN3O3. The first kappa shape index (κ1) is 22.0. The summed E-state index contributed by atoms with van der Waals surface area (Å²) in [4.78, 5) is 27.8. The van der Waals surface area contributed by atoms with Gasteiger partial charge in [0.05, 0.1) is 11.1 Å². The molecule has 6 nitrogen and oxygen atoms in total. The molecule has 2 aromatic rings. The van der Waals surface area contributed by atoms with Crippen molar-refractivity contribution < 1.29 is 18.7 Å². The van der Waals surface area contributed by atoms with Crippen LogP contribution in [0.2, 0.25) is 10.0 Å². The highest BCUT2D eigenvalue weighted by Crippen LogP contribution is 2.52. The molecule has 2 aromatic carbocycles. The third-order valence-corrected chi connectivity index (χ3v) is 6.63. The summed E-state index contributed by atoms with van der Waals surface area (Å²) in [7, 11) is 1.44. The highest BCUT2D eigenvalue weighted by molar-refractivity contribution is 6.31. The lowest BCUT2D eigenvalue weighted by Crippen LogP contribution is -2.50. The Morgan fingerprint density at radius 3 is 2.81 bits per heavy atom. The van der Waals surface area contributed by atoms with Crippen molar-refractivity contribution in [2.45, 2.75) is 24.4 Å². The summed E-state index contributed by atoms with van der Waals surface area (Å²) in [5, 5.41) is 6.61. The third-order valence-electron chi connectivity index (χ3n) is 6.10. The third kappa shape index (κ3) is 3.40. The Morgan fingerprint density at radius 1 is 1.32 bits per heavy atom. The molecule has 0 radical (unpaired) electrons. The van der Waals surface area contributed by atoms with Crippen LogP contribution in [0.1, 0.15) is 24.0 Å². The number of methoxy groups -OCH3 is 1. The van der Waals surface area contributed by atoms with Gasteiger partial charge in [0, 0.05) is 42.4 Å². The number of hydrogen-bond donors (Lipinski definition) is 2. The average Bonchev–Trinajstić information content (AvgIpc) is 3.24. The number of likely N-dealkylation sites (N-methyl/N-ethyl adjacent to an activating group) is 1. The summed E-state index contributed by atoms with van der Waals surface area (Å²) >= 11 is 12.2. The second kappa shape index (κ2) is 8.39. The van der Waals surface area contributed by atoms with Gasteiger partial charge in [-0.2, -0.15) is 0 Å². The van der Waals surface area contributed by atoms with Crippen LogP contribution in [-0.2, 0) is 19.9 Å². The van der Waals surface area contributed by atoms with Crippen molar-refractivity contribution in [3.63, 3.8) is 0 Å². The minimum atomic E-state index is -1.28. The van der Waals surface area contributed by atoms with E-state index in [1.807, 2.05) is 6.92 Å². The molecule has 1 spiro atoms. The first-order valence-corrected chi connectivity index (χ1v) is 10.7. The number of carbonyl (C=O) groups is 2. The summed E-state index contributed by atoms with van der Waals surface area (Å²) in [6.07, 6.45) is 0. The lowest BCUT2D eigenvalue weighted by Gasteiger charge is -2.37. The number of hydrogen-bond acceptors (Lipinski definition) is 4. The van der Waals surface area contributed by atoms with Gasteiger partial charge in [-0.1, -0.05) is 41.4 Å². The summed E-state index contributed by atoms with van der Waals surface area (Å²) in [5.74, 6) is -1.90. The van der Waals surface area contributed by atoms with E-state index >= 15 is 4.39 Å². The molecular weight excluding hydrogens is 444 g/mol. The van der Waals surface area contributed by atoms with Crippen LogP contribution in [0.4, 0.5) is 10.1 Å². The molecule has 31 heavy (non-hydrogen) atoms. The van der Waals surface area contributed by atoms with Gasteiger partial charge >= 0.3 is 0 Å². The Labute approximate surface area is 189 Å².